The van der Waals surface area contributed by atoms with Gasteiger partial charge in [0.05, 0.1) is 0 Å². The van der Waals surface area contributed by atoms with Crippen LogP contribution in [0.3, 0.4) is 0 Å². The van der Waals surface area contributed by atoms with Crippen molar-refractivity contribution in [3.8, 4) is 11.5 Å². The van der Waals surface area contributed by atoms with Crippen molar-refractivity contribution in [2.75, 3.05) is 0 Å². The van der Waals surface area contributed by atoms with Crippen LogP contribution in [0.1, 0.15) is 5.56 Å². The lowest BCUT2D eigenvalue weighted by Gasteiger charge is -2.09. The van der Waals surface area contributed by atoms with Gasteiger partial charge in [0, 0.05) is 6.07 Å². The fourth-order valence-corrected chi connectivity index (χ4v) is 1.58. The topological polar surface area (TPSA) is 69.9 Å². The molecule has 0 fully saturated rings. The Morgan fingerprint density at radius 2 is 1.72 bits per heavy atom. The molecule has 0 aliphatic rings. The Labute approximate surface area is 105 Å². The first-order chi connectivity index (χ1) is 8.65. The van der Waals surface area contributed by atoms with Crippen LogP contribution in [0.15, 0.2) is 48.5 Å². The molecule has 18 heavy (non-hydrogen) atoms. The van der Waals surface area contributed by atoms with E-state index < -0.39 is 7.12 Å². The molecule has 0 unspecified atom stereocenters. The summed E-state index contributed by atoms with van der Waals surface area (Å²) in [6.45, 7) is 0.352. The van der Waals surface area contributed by atoms with Crippen molar-refractivity contribution in [2.45, 2.75) is 6.61 Å². The van der Waals surface area contributed by atoms with E-state index in [1.54, 1.807) is 0 Å². The first-order valence-electron chi connectivity index (χ1n) is 5.52. The predicted molar refractivity (Wildman–Crippen MR) is 68.7 cm³/mol. The zero-order chi connectivity index (χ0) is 13.0. The maximum atomic E-state index is 9.44. The molecular weight excluding hydrogens is 231 g/mol. The summed E-state index contributed by atoms with van der Waals surface area (Å²) in [5.74, 6) is 0.325. The van der Waals surface area contributed by atoms with Crippen LogP contribution >= 0.6 is 0 Å². The molecule has 0 radical (unpaired) electrons. The summed E-state index contributed by atoms with van der Waals surface area (Å²) in [6, 6.07) is 13.8. The summed E-state index contributed by atoms with van der Waals surface area (Å²) < 4.78 is 5.48. The van der Waals surface area contributed by atoms with Gasteiger partial charge in [-0.05, 0) is 23.2 Å². The van der Waals surface area contributed by atoms with Gasteiger partial charge in [-0.3, -0.25) is 0 Å². The Balaban J connectivity index is 2.10. The van der Waals surface area contributed by atoms with Gasteiger partial charge in [0.2, 0.25) is 0 Å². The summed E-state index contributed by atoms with van der Waals surface area (Å²) in [4.78, 5) is 0. The summed E-state index contributed by atoms with van der Waals surface area (Å²) in [7, 11) is -1.63. The van der Waals surface area contributed by atoms with E-state index in [1.807, 2.05) is 30.3 Å². The van der Waals surface area contributed by atoms with Crippen LogP contribution in [0, 0.1) is 0 Å². The number of rotatable bonds is 4. The maximum absolute atomic E-state index is 9.44. The number of phenolic OH excluding ortho intramolecular Hbond substituents is 1. The molecule has 2 rings (SSSR count). The Morgan fingerprint density at radius 1 is 1.00 bits per heavy atom. The fourth-order valence-electron chi connectivity index (χ4n) is 1.58. The van der Waals surface area contributed by atoms with Crippen LogP contribution < -0.4 is 10.2 Å². The van der Waals surface area contributed by atoms with E-state index in [9.17, 15) is 5.11 Å². The first-order valence-corrected chi connectivity index (χ1v) is 5.52. The molecule has 0 atom stereocenters. The van der Waals surface area contributed by atoms with Crippen LogP contribution in [0.4, 0.5) is 0 Å². The van der Waals surface area contributed by atoms with Crippen molar-refractivity contribution in [2.24, 2.45) is 0 Å². The fraction of sp³-hybridized carbons (Fsp3) is 0.0769. The molecule has 0 bridgehead atoms. The molecular formula is C13H13BO4. The van der Waals surface area contributed by atoms with E-state index in [1.165, 1.54) is 18.2 Å². The van der Waals surface area contributed by atoms with E-state index >= 15 is 0 Å². The molecule has 0 heterocycles. The number of ether oxygens (including phenoxy) is 1. The van der Waals surface area contributed by atoms with E-state index in [0.29, 0.717) is 12.4 Å². The van der Waals surface area contributed by atoms with Crippen LogP contribution in [-0.2, 0) is 6.61 Å². The number of benzene rings is 2. The highest BCUT2D eigenvalue weighted by atomic mass is 16.5. The summed E-state index contributed by atoms with van der Waals surface area (Å²) >= 11 is 0. The Kier molecular flexibility index (Phi) is 3.87. The third-order valence-corrected chi connectivity index (χ3v) is 2.46. The van der Waals surface area contributed by atoms with Crippen molar-refractivity contribution >= 4 is 12.6 Å². The molecule has 0 aliphatic carbocycles. The lowest BCUT2D eigenvalue weighted by Crippen LogP contribution is -2.29. The SMILES string of the molecule is OB(O)c1cc(O)cc(OCc2ccccc2)c1. The third-order valence-electron chi connectivity index (χ3n) is 2.46. The van der Waals surface area contributed by atoms with Gasteiger partial charge in [0.1, 0.15) is 18.1 Å². The second-order valence-electron chi connectivity index (χ2n) is 3.91. The second-order valence-corrected chi connectivity index (χ2v) is 3.91. The average molecular weight is 244 g/mol. The maximum Gasteiger partial charge on any atom is 0.488 e. The van der Waals surface area contributed by atoms with E-state index in [2.05, 4.69) is 0 Å². The van der Waals surface area contributed by atoms with Crippen LogP contribution in [0.5, 0.6) is 11.5 Å². The molecule has 4 nitrogen and oxygen atoms in total. The van der Waals surface area contributed by atoms with Crippen molar-refractivity contribution in [1.29, 1.82) is 0 Å². The summed E-state index contributed by atoms with van der Waals surface area (Å²) in [5, 5.41) is 27.5. The van der Waals surface area contributed by atoms with Crippen molar-refractivity contribution in [1.82, 2.24) is 0 Å². The largest absolute Gasteiger partial charge is 0.508 e. The van der Waals surface area contributed by atoms with Crippen molar-refractivity contribution in [3.63, 3.8) is 0 Å². The lowest BCUT2D eigenvalue weighted by molar-refractivity contribution is 0.304. The molecule has 0 aromatic heterocycles. The summed E-state index contributed by atoms with van der Waals surface area (Å²) in [5.41, 5.74) is 1.19. The monoisotopic (exact) mass is 244 g/mol. The standard InChI is InChI=1S/C13H13BO4/c15-12-6-11(14(16)17)7-13(8-12)18-9-10-4-2-1-3-5-10/h1-8,15-17H,9H2. The minimum atomic E-state index is -1.63. The number of hydrogen-bond acceptors (Lipinski definition) is 4. The smallest absolute Gasteiger partial charge is 0.488 e. The van der Waals surface area contributed by atoms with Crippen LogP contribution in [0.25, 0.3) is 0 Å². The zero-order valence-electron chi connectivity index (χ0n) is 9.65. The van der Waals surface area contributed by atoms with Crippen molar-refractivity contribution in [3.05, 3.63) is 54.1 Å². The molecule has 3 N–H and O–H groups in total. The Morgan fingerprint density at radius 3 is 2.39 bits per heavy atom. The molecule has 0 aliphatic heterocycles. The van der Waals surface area contributed by atoms with Gasteiger partial charge >= 0.3 is 7.12 Å². The molecule has 92 valence electrons. The number of aromatic hydroxyl groups is 1. The number of hydrogen-bond donors (Lipinski definition) is 3. The average Bonchev–Trinajstić information content (AvgIpc) is 2.37. The second kappa shape index (κ2) is 5.57. The van der Waals surface area contributed by atoms with Gasteiger partial charge in [-0.1, -0.05) is 30.3 Å². The minimum absolute atomic E-state index is 0.0661. The summed E-state index contributed by atoms with van der Waals surface area (Å²) in [6.07, 6.45) is 0. The Bertz CT molecular complexity index is 514. The van der Waals surface area contributed by atoms with Crippen molar-refractivity contribution < 1.29 is 19.9 Å². The third kappa shape index (κ3) is 3.26. The highest BCUT2D eigenvalue weighted by Gasteiger charge is 2.13. The van der Waals surface area contributed by atoms with E-state index in [4.69, 9.17) is 14.8 Å². The highest BCUT2D eigenvalue weighted by Crippen LogP contribution is 2.18. The normalized spacial score (nSPS) is 10.1. The molecule has 2 aromatic carbocycles. The Hall–Kier alpha value is -1.98. The molecule has 5 heteroatoms. The van der Waals surface area contributed by atoms with E-state index in [0.717, 1.165) is 5.56 Å². The van der Waals surface area contributed by atoms with Gasteiger partial charge in [0.25, 0.3) is 0 Å². The first kappa shape index (κ1) is 12.5. The van der Waals surface area contributed by atoms with Gasteiger partial charge in [-0.2, -0.15) is 0 Å². The van der Waals surface area contributed by atoms with E-state index in [-0.39, 0.29) is 11.2 Å². The highest BCUT2D eigenvalue weighted by molar-refractivity contribution is 6.58. The van der Waals surface area contributed by atoms with Gasteiger partial charge in [-0.25, -0.2) is 0 Å². The lowest BCUT2D eigenvalue weighted by atomic mass is 9.80. The van der Waals surface area contributed by atoms with Gasteiger partial charge in [0.15, 0.2) is 0 Å². The van der Waals surface area contributed by atoms with Crippen LogP contribution in [-0.4, -0.2) is 22.3 Å². The predicted octanol–water partition coefficient (Wildman–Crippen LogP) is 0.651. The minimum Gasteiger partial charge on any atom is -0.508 e. The van der Waals surface area contributed by atoms with Gasteiger partial charge in [-0.15, -0.1) is 0 Å². The molecule has 0 spiro atoms. The molecule has 0 saturated heterocycles. The molecule has 0 saturated carbocycles. The molecule has 0 amide bonds. The number of phenols is 1. The van der Waals surface area contributed by atoms with Gasteiger partial charge < -0.3 is 19.9 Å². The zero-order valence-corrected chi connectivity index (χ0v) is 9.65. The van der Waals surface area contributed by atoms with Crippen LogP contribution in [0.2, 0.25) is 0 Å². The molecule has 2 aromatic rings. The quantitative estimate of drug-likeness (QED) is 0.690.